The summed E-state index contributed by atoms with van der Waals surface area (Å²) in [5, 5.41) is 12.6. The van der Waals surface area contributed by atoms with Crippen LogP contribution in [0.25, 0.3) is 11.1 Å². The maximum Gasteiger partial charge on any atom is 0.248 e. The molecule has 0 aliphatic heterocycles. The summed E-state index contributed by atoms with van der Waals surface area (Å²) in [7, 11) is 0. The molecule has 0 atom stereocenters. The minimum Gasteiger partial charge on any atom is -0.508 e. The average molecular weight is 319 g/mol. The minimum atomic E-state index is -0.452. The highest BCUT2D eigenvalue weighted by atomic mass is 16.3. The number of anilines is 1. The van der Waals surface area contributed by atoms with Crippen LogP contribution >= 0.6 is 0 Å². The molecular formula is C19H17N3O2. The van der Waals surface area contributed by atoms with E-state index in [-0.39, 0.29) is 5.75 Å². The zero-order chi connectivity index (χ0) is 16.9. The standard InChI is InChI=1S/C19H17N3O2/c20-19(24)15-3-1-2-14(8-15)16-9-17(12-21-11-16)22-10-13-4-6-18(23)7-5-13/h1-9,11-12,22-23H,10H2,(H2,20,24). The Balaban J connectivity index is 1.77. The number of pyridine rings is 1. The topological polar surface area (TPSA) is 88.2 Å². The Morgan fingerprint density at radius 3 is 2.58 bits per heavy atom. The molecule has 2 aromatic carbocycles. The number of primary amides is 1. The van der Waals surface area contributed by atoms with Gasteiger partial charge in [-0.25, -0.2) is 0 Å². The Labute approximate surface area is 139 Å². The molecule has 0 radical (unpaired) electrons. The maximum absolute atomic E-state index is 11.3. The predicted molar refractivity (Wildman–Crippen MR) is 93.6 cm³/mol. The van der Waals surface area contributed by atoms with Gasteiger partial charge in [0.05, 0.1) is 5.69 Å². The van der Waals surface area contributed by atoms with Crippen LogP contribution in [0.4, 0.5) is 5.69 Å². The van der Waals surface area contributed by atoms with Gasteiger partial charge >= 0.3 is 0 Å². The molecule has 0 unspecified atom stereocenters. The van der Waals surface area contributed by atoms with Crippen molar-refractivity contribution < 1.29 is 9.90 Å². The number of amides is 1. The number of phenolic OH excluding ortho intramolecular Hbond substituents is 1. The molecule has 0 aliphatic carbocycles. The second-order valence-electron chi connectivity index (χ2n) is 5.43. The van der Waals surface area contributed by atoms with Crippen LogP contribution in [0.3, 0.4) is 0 Å². The van der Waals surface area contributed by atoms with Crippen molar-refractivity contribution in [2.75, 3.05) is 5.32 Å². The molecule has 1 aromatic heterocycles. The van der Waals surface area contributed by atoms with Crippen LogP contribution < -0.4 is 11.1 Å². The molecule has 0 bridgehead atoms. The SMILES string of the molecule is NC(=O)c1cccc(-c2cncc(NCc3ccc(O)cc3)c2)c1. The summed E-state index contributed by atoms with van der Waals surface area (Å²) in [4.78, 5) is 15.6. The van der Waals surface area contributed by atoms with Gasteiger partial charge in [0.25, 0.3) is 0 Å². The van der Waals surface area contributed by atoms with E-state index in [1.807, 2.05) is 24.3 Å². The first-order valence-electron chi connectivity index (χ1n) is 7.49. The molecule has 0 aliphatic rings. The third-order valence-corrected chi connectivity index (χ3v) is 3.65. The van der Waals surface area contributed by atoms with Gasteiger partial charge in [0.1, 0.15) is 5.75 Å². The molecule has 5 nitrogen and oxygen atoms in total. The third kappa shape index (κ3) is 3.70. The zero-order valence-electron chi connectivity index (χ0n) is 12.9. The van der Waals surface area contributed by atoms with E-state index in [9.17, 15) is 9.90 Å². The number of nitrogens with zero attached hydrogens (tertiary/aromatic N) is 1. The summed E-state index contributed by atoms with van der Waals surface area (Å²) in [6, 6.07) is 16.1. The van der Waals surface area contributed by atoms with Crippen molar-refractivity contribution in [3.05, 3.63) is 78.1 Å². The Hall–Kier alpha value is -3.34. The van der Waals surface area contributed by atoms with Crippen molar-refractivity contribution in [1.29, 1.82) is 0 Å². The highest BCUT2D eigenvalue weighted by Gasteiger charge is 2.05. The molecule has 120 valence electrons. The summed E-state index contributed by atoms with van der Waals surface area (Å²) in [5.74, 6) is -0.205. The summed E-state index contributed by atoms with van der Waals surface area (Å²) in [6.07, 6.45) is 3.48. The first kappa shape index (κ1) is 15.6. The summed E-state index contributed by atoms with van der Waals surface area (Å²) >= 11 is 0. The van der Waals surface area contributed by atoms with Gasteiger partial charge in [-0.1, -0.05) is 24.3 Å². The molecule has 0 saturated heterocycles. The molecular weight excluding hydrogens is 302 g/mol. The number of phenols is 1. The van der Waals surface area contributed by atoms with Gasteiger partial charge < -0.3 is 16.2 Å². The maximum atomic E-state index is 11.3. The lowest BCUT2D eigenvalue weighted by atomic mass is 10.0. The predicted octanol–water partition coefficient (Wildman–Crippen LogP) is 3.17. The molecule has 0 fully saturated rings. The Bertz CT molecular complexity index is 860. The second kappa shape index (κ2) is 6.83. The van der Waals surface area contributed by atoms with E-state index in [0.29, 0.717) is 12.1 Å². The van der Waals surface area contributed by atoms with Crippen LogP contribution in [-0.2, 0) is 6.54 Å². The average Bonchev–Trinajstić information content (AvgIpc) is 2.61. The van der Waals surface area contributed by atoms with E-state index in [1.54, 1.807) is 42.7 Å². The fraction of sp³-hybridized carbons (Fsp3) is 0.0526. The van der Waals surface area contributed by atoms with Gasteiger partial charge in [-0.2, -0.15) is 0 Å². The van der Waals surface area contributed by atoms with Crippen LogP contribution in [-0.4, -0.2) is 16.0 Å². The van der Waals surface area contributed by atoms with Crippen molar-refractivity contribution in [3.8, 4) is 16.9 Å². The van der Waals surface area contributed by atoms with Crippen molar-refractivity contribution in [1.82, 2.24) is 4.98 Å². The van der Waals surface area contributed by atoms with Crippen molar-refractivity contribution >= 4 is 11.6 Å². The van der Waals surface area contributed by atoms with Crippen LogP contribution in [0.1, 0.15) is 15.9 Å². The summed E-state index contributed by atoms with van der Waals surface area (Å²) < 4.78 is 0. The van der Waals surface area contributed by atoms with Gasteiger partial charge in [-0.3, -0.25) is 9.78 Å². The Kier molecular flexibility index (Phi) is 4.43. The van der Waals surface area contributed by atoms with E-state index < -0.39 is 5.91 Å². The monoisotopic (exact) mass is 319 g/mol. The first-order valence-corrected chi connectivity index (χ1v) is 7.49. The minimum absolute atomic E-state index is 0.247. The highest BCUT2D eigenvalue weighted by molar-refractivity contribution is 5.94. The number of hydrogen-bond acceptors (Lipinski definition) is 4. The van der Waals surface area contributed by atoms with Gasteiger partial charge in [0, 0.05) is 30.1 Å². The summed E-state index contributed by atoms with van der Waals surface area (Å²) in [5.41, 5.74) is 9.49. The number of rotatable bonds is 5. The number of benzene rings is 2. The molecule has 1 heterocycles. The molecule has 24 heavy (non-hydrogen) atoms. The molecule has 3 aromatic rings. The fourth-order valence-electron chi connectivity index (χ4n) is 2.36. The first-order chi connectivity index (χ1) is 11.6. The number of aromatic hydroxyl groups is 1. The molecule has 5 heteroatoms. The van der Waals surface area contributed by atoms with Gasteiger partial charge in [-0.15, -0.1) is 0 Å². The Morgan fingerprint density at radius 2 is 1.83 bits per heavy atom. The van der Waals surface area contributed by atoms with Crippen molar-refractivity contribution in [2.45, 2.75) is 6.54 Å². The lowest BCUT2D eigenvalue weighted by molar-refractivity contribution is 0.100. The fourth-order valence-corrected chi connectivity index (χ4v) is 2.36. The molecule has 3 rings (SSSR count). The molecule has 1 amide bonds. The lowest BCUT2D eigenvalue weighted by Crippen LogP contribution is -2.10. The van der Waals surface area contributed by atoms with Gasteiger partial charge in [0.2, 0.25) is 5.91 Å². The second-order valence-corrected chi connectivity index (χ2v) is 5.43. The molecule has 4 N–H and O–H groups in total. The van der Waals surface area contributed by atoms with Crippen LogP contribution in [0.15, 0.2) is 67.0 Å². The normalized spacial score (nSPS) is 10.3. The van der Waals surface area contributed by atoms with Crippen LogP contribution in [0.2, 0.25) is 0 Å². The van der Waals surface area contributed by atoms with E-state index in [1.165, 1.54) is 0 Å². The number of carbonyl (C=O) groups excluding carboxylic acids is 1. The number of nitrogens with two attached hydrogens (primary N) is 1. The number of hydrogen-bond donors (Lipinski definition) is 3. The van der Waals surface area contributed by atoms with E-state index >= 15 is 0 Å². The largest absolute Gasteiger partial charge is 0.508 e. The van der Waals surface area contributed by atoms with Crippen LogP contribution in [0.5, 0.6) is 5.75 Å². The Morgan fingerprint density at radius 1 is 1.04 bits per heavy atom. The summed E-state index contributed by atoms with van der Waals surface area (Å²) in [6.45, 7) is 0.618. The number of aromatic nitrogens is 1. The number of carbonyl (C=O) groups is 1. The van der Waals surface area contributed by atoms with Crippen molar-refractivity contribution in [2.24, 2.45) is 5.73 Å². The molecule has 0 spiro atoms. The highest BCUT2D eigenvalue weighted by Crippen LogP contribution is 2.23. The van der Waals surface area contributed by atoms with Gasteiger partial charge in [-0.05, 0) is 41.5 Å². The smallest absolute Gasteiger partial charge is 0.248 e. The van der Waals surface area contributed by atoms with Crippen molar-refractivity contribution in [3.63, 3.8) is 0 Å². The van der Waals surface area contributed by atoms with E-state index in [0.717, 1.165) is 22.4 Å². The van der Waals surface area contributed by atoms with Gasteiger partial charge in [0.15, 0.2) is 0 Å². The quantitative estimate of drug-likeness (QED) is 0.674. The zero-order valence-corrected chi connectivity index (χ0v) is 12.9. The van der Waals surface area contributed by atoms with E-state index in [2.05, 4.69) is 10.3 Å². The van der Waals surface area contributed by atoms with Crippen LogP contribution in [0, 0.1) is 0 Å². The molecule has 0 saturated carbocycles. The third-order valence-electron chi connectivity index (χ3n) is 3.65. The number of nitrogens with one attached hydrogen (secondary N) is 1. The van der Waals surface area contributed by atoms with E-state index in [4.69, 9.17) is 5.73 Å². The lowest BCUT2D eigenvalue weighted by Gasteiger charge is -2.09.